The number of likely N-dealkylation sites (tertiary alicyclic amines) is 1. The summed E-state index contributed by atoms with van der Waals surface area (Å²) < 4.78 is 20.0. The largest absolute Gasteiger partial charge is 0.484 e. The number of hydrogen-bond acceptors (Lipinski definition) is 5. The van der Waals surface area contributed by atoms with E-state index in [1.165, 1.54) is 35.6 Å². The summed E-state index contributed by atoms with van der Waals surface area (Å²) in [7, 11) is 0. The van der Waals surface area contributed by atoms with Gasteiger partial charge in [-0.3, -0.25) is 9.59 Å². The van der Waals surface area contributed by atoms with Crippen LogP contribution in [0.3, 0.4) is 0 Å². The fraction of sp³-hybridized carbons (Fsp3) is 0.417. The lowest BCUT2D eigenvalue weighted by atomic mass is 10.0. The van der Waals surface area contributed by atoms with Crippen molar-refractivity contribution in [1.29, 1.82) is 0 Å². The van der Waals surface area contributed by atoms with E-state index in [9.17, 15) is 14.0 Å². The van der Waals surface area contributed by atoms with Gasteiger partial charge in [-0.15, -0.1) is 23.5 Å². The van der Waals surface area contributed by atoms with Crippen molar-refractivity contribution >= 4 is 35.3 Å². The van der Waals surface area contributed by atoms with E-state index in [4.69, 9.17) is 4.74 Å². The lowest BCUT2D eigenvalue weighted by Gasteiger charge is -2.32. The predicted octanol–water partition coefficient (Wildman–Crippen LogP) is 4.49. The molecule has 2 aromatic rings. The molecule has 0 radical (unpaired) electrons. The Morgan fingerprint density at radius 3 is 2.41 bits per heavy atom. The second kappa shape index (κ2) is 11.1. The Balaban J connectivity index is 1.19. The summed E-state index contributed by atoms with van der Waals surface area (Å²) in [5.41, 5.74) is 1.38. The van der Waals surface area contributed by atoms with E-state index in [0.29, 0.717) is 36.3 Å². The van der Waals surface area contributed by atoms with E-state index < -0.39 is 5.82 Å². The third-order valence-electron chi connectivity index (χ3n) is 5.60. The molecule has 1 N–H and O–H groups in total. The van der Waals surface area contributed by atoms with Crippen molar-refractivity contribution in [2.24, 2.45) is 0 Å². The third kappa shape index (κ3) is 5.98. The molecule has 0 spiro atoms. The molecular weight excluding hydrogens is 447 g/mol. The molecule has 2 fully saturated rings. The Bertz CT molecular complexity index is 927. The second-order valence-corrected chi connectivity index (χ2v) is 10.6. The fourth-order valence-electron chi connectivity index (χ4n) is 3.85. The molecule has 5 nitrogen and oxygen atoms in total. The normalized spacial score (nSPS) is 17.7. The van der Waals surface area contributed by atoms with Gasteiger partial charge >= 0.3 is 0 Å². The smallest absolute Gasteiger partial charge is 0.258 e. The zero-order valence-electron chi connectivity index (χ0n) is 17.8. The quantitative estimate of drug-likeness (QED) is 0.668. The van der Waals surface area contributed by atoms with Gasteiger partial charge in [-0.25, -0.2) is 4.39 Å². The van der Waals surface area contributed by atoms with Gasteiger partial charge in [0.05, 0.1) is 10.1 Å². The molecule has 2 aliphatic heterocycles. The molecule has 0 bridgehead atoms. The molecule has 0 saturated carbocycles. The van der Waals surface area contributed by atoms with E-state index in [1.54, 1.807) is 17.0 Å². The van der Waals surface area contributed by atoms with Crippen molar-refractivity contribution in [3.05, 3.63) is 65.5 Å². The number of carbonyl (C=O) groups excluding carboxylic acids is 2. The van der Waals surface area contributed by atoms with E-state index in [0.717, 1.165) is 0 Å². The molecule has 170 valence electrons. The number of ether oxygens (including phenoxy) is 1. The SMILES string of the molecule is O=C(COc1ccc(C2SCCCS2)cc1)NC1CCN(C(=O)c2ccccc2F)CC1. The minimum atomic E-state index is -0.505. The molecule has 4 rings (SSSR count). The average molecular weight is 475 g/mol. The Morgan fingerprint density at radius 1 is 1.03 bits per heavy atom. The van der Waals surface area contributed by atoms with Gasteiger partial charge in [0, 0.05) is 19.1 Å². The van der Waals surface area contributed by atoms with Gasteiger partial charge in [0.2, 0.25) is 0 Å². The summed E-state index contributed by atoms with van der Waals surface area (Å²) >= 11 is 3.95. The van der Waals surface area contributed by atoms with Crippen molar-refractivity contribution in [2.45, 2.75) is 29.9 Å². The third-order valence-corrected chi connectivity index (χ3v) is 8.62. The highest BCUT2D eigenvalue weighted by Gasteiger charge is 2.26. The van der Waals surface area contributed by atoms with Crippen LogP contribution in [0.5, 0.6) is 5.75 Å². The molecule has 2 aliphatic rings. The van der Waals surface area contributed by atoms with Crippen molar-refractivity contribution in [3.63, 3.8) is 0 Å². The molecular formula is C24H27FN2O3S2. The predicted molar refractivity (Wildman–Crippen MR) is 128 cm³/mol. The maximum absolute atomic E-state index is 13.9. The lowest BCUT2D eigenvalue weighted by Crippen LogP contribution is -2.47. The summed E-state index contributed by atoms with van der Waals surface area (Å²) in [5.74, 6) is 2.10. The van der Waals surface area contributed by atoms with Crippen molar-refractivity contribution in [2.75, 3.05) is 31.2 Å². The Morgan fingerprint density at radius 2 is 1.72 bits per heavy atom. The number of carbonyl (C=O) groups is 2. The first kappa shape index (κ1) is 23.0. The number of benzene rings is 2. The molecule has 2 aromatic carbocycles. The Labute approximate surface area is 196 Å². The highest BCUT2D eigenvalue weighted by molar-refractivity contribution is 8.16. The Kier molecular flexibility index (Phi) is 7.97. The fourth-order valence-corrected chi connectivity index (χ4v) is 6.75. The molecule has 0 atom stereocenters. The van der Waals surface area contributed by atoms with Crippen molar-refractivity contribution < 1.29 is 18.7 Å². The van der Waals surface area contributed by atoms with Gasteiger partial charge in [0.1, 0.15) is 11.6 Å². The number of nitrogens with one attached hydrogen (secondary N) is 1. The molecule has 2 amide bonds. The van der Waals surface area contributed by atoms with Gasteiger partial charge in [-0.05, 0) is 60.6 Å². The number of thioether (sulfide) groups is 2. The maximum Gasteiger partial charge on any atom is 0.258 e. The average Bonchev–Trinajstić information content (AvgIpc) is 2.84. The van der Waals surface area contributed by atoms with E-state index >= 15 is 0 Å². The second-order valence-electron chi connectivity index (χ2n) is 7.90. The lowest BCUT2D eigenvalue weighted by molar-refractivity contribution is -0.124. The van der Waals surface area contributed by atoms with Gasteiger partial charge < -0.3 is 15.0 Å². The summed E-state index contributed by atoms with van der Waals surface area (Å²) in [4.78, 5) is 26.5. The molecule has 2 heterocycles. The van der Waals surface area contributed by atoms with Crippen LogP contribution >= 0.6 is 23.5 Å². The van der Waals surface area contributed by atoms with Crippen LogP contribution < -0.4 is 10.1 Å². The van der Waals surface area contributed by atoms with Gasteiger partial charge in [0.15, 0.2) is 6.61 Å². The molecule has 32 heavy (non-hydrogen) atoms. The highest BCUT2D eigenvalue weighted by atomic mass is 32.2. The number of halogens is 1. The number of nitrogens with zero attached hydrogens (tertiary/aromatic N) is 1. The first-order valence-corrected chi connectivity index (χ1v) is 13.0. The van der Waals surface area contributed by atoms with Crippen LogP contribution in [-0.4, -0.2) is 54.0 Å². The van der Waals surface area contributed by atoms with E-state index in [-0.39, 0.29) is 30.0 Å². The first-order valence-electron chi connectivity index (χ1n) is 10.9. The van der Waals surface area contributed by atoms with Crippen LogP contribution in [0, 0.1) is 5.82 Å². The van der Waals surface area contributed by atoms with Crippen molar-refractivity contribution in [1.82, 2.24) is 10.2 Å². The van der Waals surface area contributed by atoms with Gasteiger partial charge in [0.25, 0.3) is 11.8 Å². The van der Waals surface area contributed by atoms with E-state index in [1.807, 2.05) is 35.7 Å². The van der Waals surface area contributed by atoms with Gasteiger partial charge in [-0.1, -0.05) is 24.3 Å². The van der Waals surface area contributed by atoms with Crippen LogP contribution in [-0.2, 0) is 4.79 Å². The number of piperidine rings is 1. The number of amides is 2. The highest BCUT2D eigenvalue weighted by Crippen LogP contribution is 2.43. The topological polar surface area (TPSA) is 58.6 Å². The zero-order chi connectivity index (χ0) is 22.3. The minimum Gasteiger partial charge on any atom is -0.484 e. The summed E-state index contributed by atoms with van der Waals surface area (Å²) in [5, 5.41) is 2.98. The van der Waals surface area contributed by atoms with Crippen LogP contribution in [0.2, 0.25) is 0 Å². The van der Waals surface area contributed by atoms with E-state index in [2.05, 4.69) is 17.4 Å². The zero-order valence-corrected chi connectivity index (χ0v) is 19.4. The summed E-state index contributed by atoms with van der Waals surface area (Å²) in [6, 6.07) is 14.0. The molecule has 8 heteroatoms. The van der Waals surface area contributed by atoms with Crippen LogP contribution in [0.15, 0.2) is 48.5 Å². The minimum absolute atomic E-state index is 0.0153. The first-order chi connectivity index (χ1) is 15.6. The van der Waals surface area contributed by atoms with Crippen molar-refractivity contribution in [3.8, 4) is 5.75 Å². The molecule has 0 aliphatic carbocycles. The van der Waals surface area contributed by atoms with Crippen LogP contribution in [0.4, 0.5) is 4.39 Å². The van der Waals surface area contributed by atoms with Gasteiger partial charge in [-0.2, -0.15) is 0 Å². The monoisotopic (exact) mass is 474 g/mol. The van der Waals surface area contributed by atoms with Crippen LogP contribution in [0.1, 0.15) is 39.8 Å². The maximum atomic E-state index is 13.9. The summed E-state index contributed by atoms with van der Waals surface area (Å²) in [6.45, 7) is 0.926. The number of rotatable bonds is 6. The molecule has 0 unspecified atom stereocenters. The van der Waals surface area contributed by atoms with Crippen LogP contribution in [0.25, 0.3) is 0 Å². The number of hydrogen-bond donors (Lipinski definition) is 1. The summed E-state index contributed by atoms with van der Waals surface area (Å²) in [6.07, 6.45) is 2.54. The molecule has 2 saturated heterocycles. The molecule has 0 aromatic heterocycles. The Hall–Kier alpha value is -2.19. The standard InChI is InChI=1S/C24H27FN2O3S2/c25-21-5-2-1-4-20(21)23(29)27-12-10-18(11-13-27)26-22(28)16-30-19-8-6-17(7-9-19)24-31-14-3-15-32-24/h1-2,4-9,18,24H,3,10-16H2,(H,26,28).